The molecular formula is C13H14N4. The van der Waals surface area contributed by atoms with Gasteiger partial charge in [0.15, 0.2) is 0 Å². The highest BCUT2D eigenvalue weighted by Gasteiger charge is 2.03. The number of rotatable bonds is 3. The van der Waals surface area contributed by atoms with Gasteiger partial charge in [0.1, 0.15) is 12.1 Å². The van der Waals surface area contributed by atoms with Crippen LogP contribution in [0.3, 0.4) is 0 Å². The predicted octanol–water partition coefficient (Wildman–Crippen LogP) is 2.93. The molecule has 0 saturated carbocycles. The zero-order valence-corrected chi connectivity index (χ0v) is 10.2. The SMILES string of the molecule is Cc1ccc(C(C)C)cc1NN=C(C#N)C#N. The minimum absolute atomic E-state index is 0.181. The van der Waals surface area contributed by atoms with Crippen molar-refractivity contribution < 1.29 is 0 Å². The fraction of sp³-hybridized carbons (Fsp3) is 0.308. The molecule has 0 amide bonds. The summed E-state index contributed by atoms with van der Waals surface area (Å²) < 4.78 is 0. The van der Waals surface area contributed by atoms with Gasteiger partial charge < -0.3 is 0 Å². The minimum Gasteiger partial charge on any atom is -0.276 e. The fourth-order valence-corrected chi connectivity index (χ4v) is 1.31. The fourth-order valence-electron chi connectivity index (χ4n) is 1.31. The number of aryl methyl sites for hydroxylation is 1. The molecule has 0 unspecified atom stereocenters. The molecule has 1 aromatic carbocycles. The largest absolute Gasteiger partial charge is 0.276 e. The molecule has 0 heterocycles. The summed E-state index contributed by atoms with van der Waals surface area (Å²) in [6.07, 6.45) is 0. The smallest absolute Gasteiger partial charge is 0.237 e. The van der Waals surface area contributed by atoms with Crippen LogP contribution in [0.5, 0.6) is 0 Å². The first-order chi connectivity index (χ1) is 8.08. The van der Waals surface area contributed by atoms with E-state index in [9.17, 15) is 0 Å². The Balaban J connectivity index is 3.00. The maximum absolute atomic E-state index is 8.57. The van der Waals surface area contributed by atoms with Crippen LogP contribution in [-0.4, -0.2) is 5.71 Å². The molecule has 0 atom stereocenters. The van der Waals surface area contributed by atoms with Crippen molar-refractivity contribution in [2.24, 2.45) is 5.10 Å². The maximum Gasteiger partial charge on any atom is 0.237 e. The standard InChI is InChI=1S/C13H14N4/c1-9(2)11-5-4-10(3)13(6-11)17-16-12(7-14)8-15/h4-6,9,17H,1-3H3. The zero-order valence-electron chi connectivity index (χ0n) is 10.2. The monoisotopic (exact) mass is 226 g/mol. The van der Waals surface area contributed by atoms with E-state index in [0.29, 0.717) is 5.92 Å². The topological polar surface area (TPSA) is 72.0 Å². The maximum atomic E-state index is 8.57. The average molecular weight is 226 g/mol. The second-order valence-electron chi connectivity index (χ2n) is 4.02. The number of benzene rings is 1. The van der Waals surface area contributed by atoms with Crippen molar-refractivity contribution in [3.05, 3.63) is 29.3 Å². The highest BCUT2D eigenvalue weighted by Crippen LogP contribution is 2.22. The molecule has 4 heteroatoms. The number of hydrogen-bond acceptors (Lipinski definition) is 4. The Morgan fingerprint density at radius 3 is 2.47 bits per heavy atom. The summed E-state index contributed by atoms with van der Waals surface area (Å²) in [4.78, 5) is 0. The number of hydrogen-bond donors (Lipinski definition) is 1. The van der Waals surface area contributed by atoms with Crippen LogP contribution in [0, 0.1) is 29.6 Å². The van der Waals surface area contributed by atoms with Gasteiger partial charge in [0.2, 0.25) is 5.71 Å². The van der Waals surface area contributed by atoms with Crippen LogP contribution in [-0.2, 0) is 0 Å². The molecule has 0 aliphatic heterocycles. The Hall–Kier alpha value is -2.33. The van der Waals surface area contributed by atoms with Gasteiger partial charge in [-0.25, -0.2) is 0 Å². The Kier molecular flexibility index (Phi) is 4.25. The lowest BCUT2D eigenvalue weighted by Crippen LogP contribution is -1.99. The lowest BCUT2D eigenvalue weighted by Gasteiger charge is -2.10. The van der Waals surface area contributed by atoms with Crippen LogP contribution in [0.25, 0.3) is 0 Å². The van der Waals surface area contributed by atoms with E-state index in [2.05, 4.69) is 30.4 Å². The third-order valence-corrected chi connectivity index (χ3v) is 2.43. The number of nitriles is 2. The molecule has 0 aliphatic carbocycles. The summed E-state index contributed by atoms with van der Waals surface area (Å²) in [6, 6.07) is 9.44. The van der Waals surface area contributed by atoms with Crippen molar-refractivity contribution in [3.63, 3.8) is 0 Å². The van der Waals surface area contributed by atoms with E-state index in [0.717, 1.165) is 11.3 Å². The van der Waals surface area contributed by atoms with Gasteiger partial charge in [0.05, 0.1) is 5.69 Å². The molecule has 0 radical (unpaired) electrons. The molecule has 0 aromatic heterocycles. The second kappa shape index (κ2) is 5.67. The summed E-state index contributed by atoms with van der Waals surface area (Å²) >= 11 is 0. The molecule has 1 N–H and O–H groups in total. The predicted molar refractivity (Wildman–Crippen MR) is 67.6 cm³/mol. The van der Waals surface area contributed by atoms with Gasteiger partial charge in [-0.15, -0.1) is 0 Å². The van der Waals surface area contributed by atoms with Gasteiger partial charge in [-0.05, 0) is 30.0 Å². The van der Waals surface area contributed by atoms with Crippen LogP contribution in [0.4, 0.5) is 5.69 Å². The summed E-state index contributed by atoms with van der Waals surface area (Å²) in [7, 11) is 0. The molecule has 0 bridgehead atoms. The van der Waals surface area contributed by atoms with E-state index in [4.69, 9.17) is 10.5 Å². The van der Waals surface area contributed by atoms with Crippen LogP contribution >= 0.6 is 0 Å². The van der Waals surface area contributed by atoms with Gasteiger partial charge in [-0.1, -0.05) is 26.0 Å². The van der Waals surface area contributed by atoms with E-state index in [1.165, 1.54) is 5.56 Å². The van der Waals surface area contributed by atoms with Crippen LogP contribution < -0.4 is 5.43 Å². The quantitative estimate of drug-likeness (QED) is 0.636. The van der Waals surface area contributed by atoms with E-state index in [1.807, 2.05) is 19.1 Å². The van der Waals surface area contributed by atoms with Gasteiger partial charge in [0, 0.05) is 0 Å². The van der Waals surface area contributed by atoms with E-state index in [1.54, 1.807) is 12.1 Å². The summed E-state index contributed by atoms with van der Waals surface area (Å²) in [5.74, 6) is 0.423. The first kappa shape index (κ1) is 12.7. The van der Waals surface area contributed by atoms with Gasteiger partial charge in [0.25, 0.3) is 0 Å². The van der Waals surface area contributed by atoms with Crippen LogP contribution in [0.2, 0.25) is 0 Å². The molecular weight excluding hydrogens is 212 g/mol. The van der Waals surface area contributed by atoms with Crippen molar-refractivity contribution in [3.8, 4) is 12.1 Å². The molecule has 0 aliphatic rings. The molecule has 0 fully saturated rings. The minimum atomic E-state index is -0.181. The first-order valence-corrected chi connectivity index (χ1v) is 5.33. The molecule has 17 heavy (non-hydrogen) atoms. The first-order valence-electron chi connectivity index (χ1n) is 5.33. The summed E-state index contributed by atoms with van der Waals surface area (Å²) in [5, 5.41) is 20.9. The van der Waals surface area contributed by atoms with Crippen molar-refractivity contribution in [2.45, 2.75) is 26.7 Å². The van der Waals surface area contributed by atoms with Gasteiger partial charge >= 0.3 is 0 Å². The lowest BCUT2D eigenvalue weighted by atomic mass is 10.0. The summed E-state index contributed by atoms with van der Waals surface area (Å²) in [5.41, 5.74) is 5.60. The van der Waals surface area contributed by atoms with Crippen molar-refractivity contribution in [1.82, 2.24) is 0 Å². The lowest BCUT2D eigenvalue weighted by molar-refractivity contribution is 0.866. The Bertz CT molecular complexity index is 499. The van der Waals surface area contributed by atoms with Gasteiger partial charge in [-0.3, -0.25) is 5.43 Å². The molecule has 0 saturated heterocycles. The van der Waals surface area contributed by atoms with E-state index >= 15 is 0 Å². The third-order valence-electron chi connectivity index (χ3n) is 2.43. The van der Waals surface area contributed by atoms with E-state index in [-0.39, 0.29) is 5.71 Å². The van der Waals surface area contributed by atoms with E-state index < -0.39 is 0 Å². The van der Waals surface area contributed by atoms with Crippen LogP contribution in [0.1, 0.15) is 30.9 Å². The Morgan fingerprint density at radius 1 is 1.29 bits per heavy atom. The average Bonchev–Trinajstić information content (AvgIpc) is 2.32. The number of nitrogens with zero attached hydrogens (tertiary/aromatic N) is 3. The number of anilines is 1. The van der Waals surface area contributed by atoms with Crippen molar-refractivity contribution >= 4 is 11.4 Å². The van der Waals surface area contributed by atoms with Crippen molar-refractivity contribution in [1.29, 1.82) is 10.5 Å². The highest BCUT2D eigenvalue weighted by molar-refractivity contribution is 6.10. The molecule has 4 nitrogen and oxygen atoms in total. The number of hydrazone groups is 1. The second-order valence-corrected chi connectivity index (χ2v) is 4.02. The molecule has 1 aromatic rings. The van der Waals surface area contributed by atoms with Crippen LogP contribution in [0.15, 0.2) is 23.3 Å². The Morgan fingerprint density at radius 2 is 1.94 bits per heavy atom. The molecule has 0 spiro atoms. The normalized spacial score (nSPS) is 9.29. The number of nitrogens with one attached hydrogen (secondary N) is 1. The third kappa shape index (κ3) is 3.32. The summed E-state index contributed by atoms with van der Waals surface area (Å²) in [6.45, 7) is 6.15. The van der Waals surface area contributed by atoms with Gasteiger partial charge in [-0.2, -0.15) is 15.6 Å². The molecule has 86 valence electrons. The zero-order chi connectivity index (χ0) is 12.8. The highest BCUT2D eigenvalue weighted by atomic mass is 15.3. The van der Waals surface area contributed by atoms with Crippen molar-refractivity contribution in [2.75, 3.05) is 5.43 Å². The Labute approximate surface area is 101 Å². The molecule has 1 rings (SSSR count).